The minimum Gasteiger partial charge on any atom is -0.494 e. The fourth-order valence-corrected chi connectivity index (χ4v) is 4.70. The maximum absolute atomic E-state index is 13.9. The Morgan fingerprint density at radius 3 is 2.31 bits per heavy atom. The van der Waals surface area contributed by atoms with Gasteiger partial charge in [-0.05, 0) is 67.9 Å². The van der Waals surface area contributed by atoms with Crippen molar-refractivity contribution in [3.8, 4) is 11.4 Å². The fourth-order valence-electron chi connectivity index (χ4n) is 4.70. The van der Waals surface area contributed by atoms with Gasteiger partial charge in [0.25, 0.3) is 11.2 Å². The van der Waals surface area contributed by atoms with Crippen LogP contribution < -0.4 is 15.6 Å². The lowest BCUT2D eigenvalue weighted by Crippen LogP contribution is -2.39. The molecule has 1 atom stereocenters. The van der Waals surface area contributed by atoms with Crippen molar-refractivity contribution in [2.24, 2.45) is 0 Å². The first-order valence-corrected chi connectivity index (χ1v) is 13.5. The number of para-hydroxylation sites is 1. The second kappa shape index (κ2) is 12.3. The van der Waals surface area contributed by atoms with Crippen LogP contribution in [0.15, 0.2) is 108 Å². The van der Waals surface area contributed by atoms with Crippen LogP contribution in [0, 0.1) is 10.1 Å². The number of hydrogen-bond donors (Lipinski definition) is 1. The molecule has 0 radical (unpaired) electrons. The lowest BCUT2D eigenvalue weighted by atomic mass is 10.1. The number of nitro groups is 1. The molecule has 0 saturated carbocycles. The fraction of sp³-hybridized carbons (Fsp3) is 0.156. The second-order valence-corrected chi connectivity index (χ2v) is 9.58. The topological polar surface area (TPSA) is 120 Å². The van der Waals surface area contributed by atoms with Crippen molar-refractivity contribution in [3.63, 3.8) is 0 Å². The number of nitrogens with one attached hydrogen (secondary N) is 1. The molecule has 10 heteroatoms. The predicted octanol–water partition coefficient (Wildman–Crippen LogP) is 6.49. The number of non-ortho nitro benzene ring substituents is 1. The highest BCUT2D eigenvalue weighted by Gasteiger charge is 2.27. The average molecular weight is 564 g/mol. The molecule has 1 N–H and O–H groups in total. The SMILES string of the molecule is CCOc1ccc(-n2c(C(C)N(Cc3ccccc3)C(=O)Nc3ccc([N+](=O)[O-])cc3)nc3ccccc3c2=O)cc1. The van der Waals surface area contributed by atoms with E-state index in [4.69, 9.17) is 9.72 Å². The van der Waals surface area contributed by atoms with Crippen molar-refractivity contribution in [1.29, 1.82) is 0 Å². The molecule has 1 heterocycles. The summed E-state index contributed by atoms with van der Waals surface area (Å²) in [5, 5.41) is 14.4. The van der Waals surface area contributed by atoms with Crippen molar-refractivity contribution < 1.29 is 14.5 Å². The van der Waals surface area contributed by atoms with Gasteiger partial charge >= 0.3 is 6.03 Å². The van der Waals surface area contributed by atoms with E-state index in [1.165, 1.54) is 28.8 Å². The molecule has 5 aromatic rings. The Morgan fingerprint density at radius 1 is 0.976 bits per heavy atom. The summed E-state index contributed by atoms with van der Waals surface area (Å²) >= 11 is 0. The van der Waals surface area contributed by atoms with Crippen LogP contribution in [0.5, 0.6) is 5.75 Å². The van der Waals surface area contributed by atoms with Crippen molar-refractivity contribution in [2.45, 2.75) is 26.4 Å². The maximum Gasteiger partial charge on any atom is 0.322 e. The van der Waals surface area contributed by atoms with Crippen LogP contribution in [0.3, 0.4) is 0 Å². The molecule has 0 saturated heterocycles. The summed E-state index contributed by atoms with van der Waals surface area (Å²) in [7, 11) is 0. The molecular formula is C32H29N5O5. The van der Waals surface area contributed by atoms with Gasteiger partial charge in [-0.25, -0.2) is 9.78 Å². The van der Waals surface area contributed by atoms with E-state index in [1.54, 1.807) is 47.4 Å². The Labute approximate surface area is 242 Å². The monoisotopic (exact) mass is 563 g/mol. The van der Waals surface area contributed by atoms with E-state index in [9.17, 15) is 19.7 Å². The van der Waals surface area contributed by atoms with Crippen molar-refractivity contribution >= 4 is 28.3 Å². The minimum absolute atomic E-state index is 0.0813. The Kier molecular flexibility index (Phi) is 8.24. The summed E-state index contributed by atoms with van der Waals surface area (Å²) in [5.41, 5.74) is 2.02. The number of carbonyl (C=O) groups excluding carboxylic acids is 1. The molecule has 2 amide bonds. The molecule has 10 nitrogen and oxygen atoms in total. The third-order valence-electron chi connectivity index (χ3n) is 6.83. The first-order chi connectivity index (χ1) is 20.4. The van der Waals surface area contributed by atoms with Gasteiger partial charge in [-0.2, -0.15) is 0 Å². The van der Waals surface area contributed by atoms with Crippen molar-refractivity contribution in [2.75, 3.05) is 11.9 Å². The third-order valence-corrected chi connectivity index (χ3v) is 6.83. The number of nitrogens with zero attached hydrogens (tertiary/aromatic N) is 4. The van der Waals surface area contributed by atoms with Crippen LogP contribution >= 0.6 is 0 Å². The Bertz CT molecular complexity index is 1770. The van der Waals surface area contributed by atoms with Gasteiger partial charge < -0.3 is 15.0 Å². The normalized spacial score (nSPS) is 11.6. The van der Waals surface area contributed by atoms with Crippen LogP contribution in [0.4, 0.5) is 16.2 Å². The van der Waals surface area contributed by atoms with E-state index in [0.29, 0.717) is 40.5 Å². The number of hydrogen-bond acceptors (Lipinski definition) is 6. The first kappa shape index (κ1) is 28.0. The van der Waals surface area contributed by atoms with Gasteiger partial charge in [0.05, 0.1) is 34.2 Å². The number of anilines is 1. The molecule has 0 bridgehead atoms. The molecule has 4 aromatic carbocycles. The number of nitro benzene ring substituents is 1. The van der Waals surface area contributed by atoms with Gasteiger partial charge in [-0.1, -0.05) is 42.5 Å². The summed E-state index contributed by atoms with van der Waals surface area (Å²) in [6.45, 7) is 4.44. The van der Waals surface area contributed by atoms with Gasteiger partial charge in [0.15, 0.2) is 0 Å². The molecule has 1 unspecified atom stereocenters. The van der Waals surface area contributed by atoms with Crippen molar-refractivity contribution in [1.82, 2.24) is 14.5 Å². The Balaban J connectivity index is 1.60. The lowest BCUT2D eigenvalue weighted by molar-refractivity contribution is -0.384. The maximum atomic E-state index is 13.9. The van der Waals surface area contributed by atoms with E-state index in [2.05, 4.69) is 5.32 Å². The minimum atomic E-state index is -0.674. The van der Waals surface area contributed by atoms with Crippen LogP contribution in [-0.4, -0.2) is 32.0 Å². The van der Waals surface area contributed by atoms with Gasteiger partial charge in [0.2, 0.25) is 0 Å². The number of rotatable bonds is 9. The summed E-state index contributed by atoms with van der Waals surface area (Å²) in [5.74, 6) is 1.04. The zero-order valence-electron chi connectivity index (χ0n) is 23.1. The molecule has 0 aliphatic carbocycles. The highest BCUT2D eigenvalue weighted by Crippen LogP contribution is 2.27. The predicted molar refractivity (Wildman–Crippen MR) is 161 cm³/mol. The van der Waals surface area contributed by atoms with Gasteiger partial charge in [-0.15, -0.1) is 0 Å². The van der Waals surface area contributed by atoms with Crippen LogP contribution in [0.2, 0.25) is 0 Å². The van der Waals surface area contributed by atoms with Crippen LogP contribution in [-0.2, 0) is 6.54 Å². The lowest BCUT2D eigenvalue weighted by Gasteiger charge is -2.31. The zero-order chi connectivity index (χ0) is 29.6. The standard InChI is InChI=1S/C32H29N5O5/c1-3-42-27-19-17-25(18-20-27)36-30(34-29-12-8-7-11-28(29)31(36)38)22(2)35(21-23-9-5-4-6-10-23)32(39)33-24-13-15-26(16-14-24)37(40)41/h4-20,22H,3,21H2,1-2H3,(H,33,39). The van der Waals surface area contributed by atoms with E-state index < -0.39 is 17.0 Å². The smallest absolute Gasteiger partial charge is 0.322 e. The average Bonchev–Trinajstić information content (AvgIpc) is 3.01. The molecule has 42 heavy (non-hydrogen) atoms. The highest BCUT2D eigenvalue weighted by atomic mass is 16.6. The van der Waals surface area contributed by atoms with Crippen LogP contribution in [0.1, 0.15) is 31.3 Å². The van der Waals surface area contributed by atoms with E-state index in [0.717, 1.165) is 5.56 Å². The van der Waals surface area contributed by atoms with Crippen LogP contribution in [0.25, 0.3) is 16.6 Å². The molecule has 1 aromatic heterocycles. The van der Waals surface area contributed by atoms with Gasteiger partial charge in [-0.3, -0.25) is 19.5 Å². The first-order valence-electron chi connectivity index (χ1n) is 13.5. The molecule has 0 fully saturated rings. The number of benzene rings is 4. The van der Waals surface area contributed by atoms with Gasteiger partial charge in [0, 0.05) is 24.4 Å². The number of aromatic nitrogens is 2. The number of amides is 2. The summed E-state index contributed by atoms with van der Waals surface area (Å²) in [6.07, 6.45) is 0. The number of carbonyl (C=O) groups is 1. The second-order valence-electron chi connectivity index (χ2n) is 9.58. The molecule has 5 rings (SSSR count). The van der Waals surface area contributed by atoms with E-state index in [1.807, 2.05) is 50.2 Å². The van der Waals surface area contributed by atoms with Crippen molar-refractivity contribution in [3.05, 3.63) is 135 Å². The number of urea groups is 1. The molecule has 0 aliphatic heterocycles. The molecule has 212 valence electrons. The quantitative estimate of drug-likeness (QED) is 0.162. The number of ether oxygens (including phenoxy) is 1. The zero-order valence-corrected chi connectivity index (χ0v) is 23.1. The molecule has 0 spiro atoms. The van der Waals surface area contributed by atoms with Gasteiger partial charge in [0.1, 0.15) is 11.6 Å². The largest absolute Gasteiger partial charge is 0.494 e. The highest BCUT2D eigenvalue weighted by molar-refractivity contribution is 5.89. The van der Waals surface area contributed by atoms with E-state index in [-0.39, 0.29) is 17.8 Å². The molecular weight excluding hydrogens is 534 g/mol. The Morgan fingerprint density at radius 2 is 1.64 bits per heavy atom. The Hall–Kier alpha value is -5.51. The summed E-state index contributed by atoms with van der Waals surface area (Å²) < 4.78 is 7.11. The summed E-state index contributed by atoms with van der Waals surface area (Å²) in [4.78, 5) is 44.8. The summed E-state index contributed by atoms with van der Waals surface area (Å²) in [6, 6.07) is 28.2. The number of fused-ring (bicyclic) bond motifs is 1. The van der Waals surface area contributed by atoms with E-state index >= 15 is 0 Å². The third kappa shape index (κ3) is 5.97. The molecule has 0 aliphatic rings.